The molecule has 0 radical (unpaired) electrons. The van der Waals surface area contributed by atoms with Crippen molar-refractivity contribution in [2.45, 2.75) is 32.3 Å². The van der Waals surface area contributed by atoms with E-state index in [1.807, 2.05) is 24.3 Å². The average molecular weight is 617 g/mol. The first-order valence-corrected chi connectivity index (χ1v) is 15.1. The summed E-state index contributed by atoms with van der Waals surface area (Å²) in [6.45, 7) is 5.75. The summed E-state index contributed by atoms with van der Waals surface area (Å²) in [6, 6.07) is 17.7. The smallest absolute Gasteiger partial charge is 0.412 e. The fourth-order valence-corrected chi connectivity index (χ4v) is 6.38. The molecule has 3 heterocycles. The lowest BCUT2D eigenvalue weighted by atomic mass is 9.95. The molecule has 43 heavy (non-hydrogen) atoms. The fourth-order valence-electron chi connectivity index (χ4n) is 5.34. The van der Waals surface area contributed by atoms with E-state index in [1.165, 1.54) is 11.3 Å². The Morgan fingerprint density at radius 2 is 1.81 bits per heavy atom. The minimum atomic E-state index is -0.622. The second-order valence-electron chi connectivity index (χ2n) is 11.4. The first-order valence-electron chi connectivity index (χ1n) is 13.7. The van der Waals surface area contributed by atoms with E-state index in [4.69, 9.17) is 16.3 Å². The maximum absolute atomic E-state index is 13.6. The average Bonchev–Trinajstić information content (AvgIpc) is 3.68. The molecular weight excluding hydrogens is 588 g/mol. The third-order valence-corrected chi connectivity index (χ3v) is 8.45. The van der Waals surface area contributed by atoms with E-state index >= 15 is 0 Å². The molecule has 0 unspecified atom stereocenters. The van der Waals surface area contributed by atoms with Crippen molar-refractivity contribution in [2.75, 3.05) is 28.0 Å². The van der Waals surface area contributed by atoms with Gasteiger partial charge in [-0.25, -0.2) is 4.79 Å². The van der Waals surface area contributed by atoms with E-state index in [2.05, 4.69) is 15.6 Å². The van der Waals surface area contributed by atoms with Gasteiger partial charge in [-0.05, 0) is 62.1 Å². The summed E-state index contributed by atoms with van der Waals surface area (Å²) >= 11 is 7.55. The molecule has 0 fully saturated rings. The number of amides is 3. The normalized spacial score (nSPS) is 14.6. The molecule has 0 saturated carbocycles. The van der Waals surface area contributed by atoms with Gasteiger partial charge in [-0.1, -0.05) is 24.3 Å². The van der Waals surface area contributed by atoms with Gasteiger partial charge in [0.1, 0.15) is 17.0 Å². The highest BCUT2D eigenvalue weighted by atomic mass is 35.5. The Hall–Kier alpha value is -4.54. The SMILES string of the molecule is CC(C)(C)OC(=O)Nc1ccc2[nH]c(C(=O)Nc3csc(C(=O)N4C[C@@H](CCl)c5c4cc(O)c4ccccc54)c3)cc2c1. The Bertz CT molecular complexity index is 1910. The second-order valence-corrected chi connectivity index (χ2v) is 12.6. The first-order chi connectivity index (χ1) is 20.5. The Kier molecular flexibility index (Phi) is 7.27. The van der Waals surface area contributed by atoms with Gasteiger partial charge in [0.25, 0.3) is 11.8 Å². The number of ether oxygens (including phenoxy) is 1. The molecule has 3 amide bonds. The Labute approximate surface area is 256 Å². The molecule has 1 atom stereocenters. The zero-order chi connectivity index (χ0) is 30.5. The number of hydrogen-bond donors (Lipinski definition) is 4. The third kappa shape index (κ3) is 5.63. The van der Waals surface area contributed by atoms with Crippen LogP contribution in [-0.4, -0.2) is 46.0 Å². The van der Waals surface area contributed by atoms with Gasteiger partial charge in [0.2, 0.25) is 0 Å². The number of carbonyl (C=O) groups is 3. The van der Waals surface area contributed by atoms with Crippen molar-refractivity contribution in [1.29, 1.82) is 0 Å². The largest absolute Gasteiger partial charge is 0.507 e. The predicted octanol–water partition coefficient (Wildman–Crippen LogP) is 7.67. The molecule has 9 nitrogen and oxygen atoms in total. The molecular formula is C32H29ClN4O5S. The van der Waals surface area contributed by atoms with Gasteiger partial charge >= 0.3 is 6.09 Å². The lowest BCUT2D eigenvalue weighted by Crippen LogP contribution is -2.29. The molecule has 1 aliphatic heterocycles. The first kappa shape index (κ1) is 28.6. The van der Waals surface area contributed by atoms with Crippen LogP contribution in [0.4, 0.5) is 21.9 Å². The number of nitrogens with zero attached hydrogens (tertiary/aromatic N) is 1. The van der Waals surface area contributed by atoms with Gasteiger partial charge in [0.05, 0.1) is 16.3 Å². The molecule has 2 aromatic heterocycles. The van der Waals surface area contributed by atoms with Crippen LogP contribution < -0.4 is 15.5 Å². The van der Waals surface area contributed by atoms with E-state index in [0.29, 0.717) is 40.1 Å². The van der Waals surface area contributed by atoms with Gasteiger partial charge in [-0.2, -0.15) is 0 Å². The number of aromatic amines is 1. The number of halogens is 1. The van der Waals surface area contributed by atoms with Crippen molar-refractivity contribution < 1.29 is 24.2 Å². The number of benzene rings is 3. The van der Waals surface area contributed by atoms with Crippen molar-refractivity contribution in [1.82, 2.24) is 4.98 Å². The second kappa shape index (κ2) is 10.9. The molecule has 220 valence electrons. The molecule has 1 aliphatic rings. The third-order valence-electron chi connectivity index (χ3n) is 7.15. The van der Waals surface area contributed by atoms with Crippen LogP contribution in [0.3, 0.4) is 0 Å². The summed E-state index contributed by atoms with van der Waals surface area (Å²) in [5, 5.41) is 20.3. The van der Waals surface area contributed by atoms with E-state index in [1.54, 1.807) is 67.4 Å². The summed E-state index contributed by atoms with van der Waals surface area (Å²) in [5.74, 6) is -0.246. The standard InChI is InChI=1S/C32H29ClN4O5S/c1-32(2,3)42-31(41)35-19-8-9-23-17(10-19)11-24(36-23)29(39)34-20-12-27(43-16-20)30(40)37-15-18(14-33)28-22-7-5-4-6-21(22)26(38)13-25(28)37/h4-13,16,18,36,38H,14-15H2,1-3H3,(H,34,39)(H,35,41)/t18-/m1/s1. The summed E-state index contributed by atoms with van der Waals surface area (Å²) in [6.07, 6.45) is -0.566. The summed E-state index contributed by atoms with van der Waals surface area (Å²) in [5.41, 5.74) is 3.04. The minimum absolute atomic E-state index is 0.0767. The Balaban J connectivity index is 1.18. The number of thiophene rings is 1. The fraction of sp³-hybridized carbons (Fsp3) is 0.219. The highest BCUT2D eigenvalue weighted by Gasteiger charge is 2.35. The van der Waals surface area contributed by atoms with Gasteiger partial charge < -0.3 is 25.0 Å². The monoisotopic (exact) mass is 616 g/mol. The van der Waals surface area contributed by atoms with E-state index in [0.717, 1.165) is 27.2 Å². The number of hydrogen-bond acceptors (Lipinski definition) is 6. The van der Waals surface area contributed by atoms with Crippen molar-refractivity contribution in [2.24, 2.45) is 0 Å². The summed E-state index contributed by atoms with van der Waals surface area (Å²) in [7, 11) is 0. The van der Waals surface area contributed by atoms with Gasteiger partial charge in [0.15, 0.2) is 0 Å². The zero-order valence-corrected chi connectivity index (χ0v) is 25.2. The van der Waals surface area contributed by atoms with Crippen LogP contribution in [0.2, 0.25) is 0 Å². The lowest BCUT2D eigenvalue weighted by Gasteiger charge is -2.19. The molecule has 11 heteroatoms. The highest BCUT2D eigenvalue weighted by Crippen LogP contribution is 2.46. The molecule has 0 aliphatic carbocycles. The van der Waals surface area contributed by atoms with Gasteiger partial charge in [0, 0.05) is 51.8 Å². The number of rotatable bonds is 5. The van der Waals surface area contributed by atoms with Crippen LogP contribution in [-0.2, 0) is 4.74 Å². The van der Waals surface area contributed by atoms with Crippen molar-refractivity contribution in [3.8, 4) is 5.75 Å². The maximum atomic E-state index is 13.6. The molecule has 0 bridgehead atoms. The molecule has 5 aromatic rings. The van der Waals surface area contributed by atoms with Crippen molar-refractivity contribution >= 4 is 79.6 Å². The predicted molar refractivity (Wildman–Crippen MR) is 171 cm³/mol. The number of aromatic hydroxyl groups is 1. The molecule has 0 spiro atoms. The minimum Gasteiger partial charge on any atom is -0.507 e. The van der Waals surface area contributed by atoms with E-state index in [-0.39, 0.29) is 23.5 Å². The van der Waals surface area contributed by atoms with Crippen LogP contribution >= 0.6 is 22.9 Å². The van der Waals surface area contributed by atoms with Crippen LogP contribution in [0.1, 0.15) is 52.4 Å². The summed E-state index contributed by atoms with van der Waals surface area (Å²) < 4.78 is 5.30. The molecule has 3 aromatic carbocycles. The quantitative estimate of drug-likeness (QED) is 0.151. The number of fused-ring (bicyclic) bond motifs is 4. The Morgan fingerprint density at radius 1 is 1.05 bits per heavy atom. The Morgan fingerprint density at radius 3 is 2.56 bits per heavy atom. The molecule has 0 saturated heterocycles. The number of phenolic OH excluding ortho intramolecular Hbond substituents is 1. The summed E-state index contributed by atoms with van der Waals surface area (Å²) in [4.78, 5) is 44.0. The number of anilines is 3. The van der Waals surface area contributed by atoms with Gasteiger partial charge in [-0.3, -0.25) is 14.9 Å². The number of alkyl halides is 1. The maximum Gasteiger partial charge on any atom is 0.412 e. The van der Waals surface area contributed by atoms with Crippen molar-refractivity contribution in [3.05, 3.63) is 82.2 Å². The van der Waals surface area contributed by atoms with Crippen LogP contribution in [0.25, 0.3) is 21.7 Å². The van der Waals surface area contributed by atoms with Crippen LogP contribution in [0, 0.1) is 0 Å². The molecule has 6 rings (SSSR count). The number of H-pyrrole nitrogens is 1. The topological polar surface area (TPSA) is 124 Å². The highest BCUT2D eigenvalue weighted by molar-refractivity contribution is 7.12. The number of nitrogens with one attached hydrogen (secondary N) is 3. The van der Waals surface area contributed by atoms with E-state index < -0.39 is 11.7 Å². The van der Waals surface area contributed by atoms with E-state index in [9.17, 15) is 19.5 Å². The zero-order valence-electron chi connectivity index (χ0n) is 23.7. The van der Waals surface area contributed by atoms with Crippen molar-refractivity contribution in [3.63, 3.8) is 0 Å². The number of aromatic nitrogens is 1. The van der Waals surface area contributed by atoms with Crippen LogP contribution in [0.5, 0.6) is 5.75 Å². The number of phenols is 1. The lowest BCUT2D eigenvalue weighted by molar-refractivity contribution is 0.0635. The molecule has 4 N–H and O–H groups in total. The van der Waals surface area contributed by atoms with Gasteiger partial charge in [-0.15, -0.1) is 22.9 Å². The van der Waals surface area contributed by atoms with Crippen LogP contribution in [0.15, 0.2) is 66.0 Å². The number of carbonyl (C=O) groups excluding carboxylic acids is 3.